The zero-order chi connectivity index (χ0) is 29.0. The van der Waals surface area contributed by atoms with Gasteiger partial charge in [0, 0.05) is 30.4 Å². The van der Waals surface area contributed by atoms with Crippen LogP contribution in [-0.2, 0) is 10.2 Å². The van der Waals surface area contributed by atoms with Gasteiger partial charge in [0.1, 0.15) is 12.0 Å². The highest BCUT2D eigenvalue weighted by Crippen LogP contribution is 2.51. The number of fused-ring (bicyclic) bond motifs is 3. The van der Waals surface area contributed by atoms with Gasteiger partial charge < -0.3 is 21.3 Å². The van der Waals surface area contributed by atoms with E-state index in [1.54, 1.807) is 24.3 Å². The normalized spacial score (nSPS) is 16.6. The number of likely N-dealkylation sites (tertiary alicyclic amines) is 1. The van der Waals surface area contributed by atoms with Crippen molar-refractivity contribution in [3.8, 4) is 11.1 Å². The lowest BCUT2D eigenvalue weighted by atomic mass is 9.73. The Morgan fingerprint density at radius 1 is 0.902 bits per heavy atom. The molecule has 1 aliphatic carbocycles. The fourth-order valence-electron chi connectivity index (χ4n) is 6.26. The molecule has 0 saturated carbocycles. The molecule has 1 heterocycles. The van der Waals surface area contributed by atoms with Crippen LogP contribution in [0.2, 0.25) is 0 Å². The number of unbranched alkanes of at least 4 members (excludes halogenated alkanes) is 1. The van der Waals surface area contributed by atoms with Gasteiger partial charge in [-0.3, -0.25) is 9.59 Å². The second-order valence-corrected chi connectivity index (χ2v) is 11.0. The lowest BCUT2D eigenvalue weighted by Gasteiger charge is -2.33. The Morgan fingerprint density at radius 2 is 1.54 bits per heavy atom. The third-order valence-corrected chi connectivity index (χ3v) is 8.25. The zero-order valence-electron chi connectivity index (χ0n) is 22.8. The molecule has 0 aromatic heterocycles. The van der Waals surface area contributed by atoms with Crippen molar-refractivity contribution in [1.82, 2.24) is 15.5 Å². The Labute approximate surface area is 238 Å². The molecule has 9 heteroatoms. The predicted octanol–water partition coefficient (Wildman–Crippen LogP) is 5.28. The van der Waals surface area contributed by atoms with Gasteiger partial charge in [-0.2, -0.15) is 13.2 Å². The molecule has 0 radical (unpaired) electrons. The summed E-state index contributed by atoms with van der Waals surface area (Å²) in [5.74, 6) is -0.731. The fourth-order valence-corrected chi connectivity index (χ4v) is 6.26. The molecule has 1 fully saturated rings. The average Bonchev–Trinajstić information content (AvgIpc) is 3.25. The first-order chi connectivity index (χ1) is 19.7. The highest BCUT2D eigenvalue weighted by molar-refractivity contribution is 6.00. The van der Waals surface area contributed by atoms with Crippen LogP contribution in [-0.4, -0.2) is 55.1 Å². The molecule has 41 heavy (non-hydrogen) atoms. The molecule has 0 bridgehead atoms. The van der Waals surface area contributed by atoms with Crippen LogP contribution in [0.5, 0.6) is 0 Å². The number of hydrogen-bond donors (Lipinski definition) is 3. The second kappa shape index (κ2) is 11.9. The van der Waals surface area contributed by atoms with Crippen LogP contribution in [0.15, 0.2) is 72.8 Å². The number of amides is 2. The predicted molar refractivity (Wildman–Crippen MR) is 153 cm³/mol. The van der Waals surface area contributed by atoms with Crippen LogP contribution in [0.1, 0.15) is 53.6 Å². The van der Waals surface area contributed by atoms with E-state index in [-0.39, 0.29) is 11.9 Å². The number of nitrogens with zero attached hydrogens (tertiary/aromatic N) is 1. The molecule has 2 amide bonds. The zero-order valence-corrected chi connectivity index (χ0v) is 22.8. The SMILES string of the molecule is Nc1cccc(C(=O)NC2CCN(CCCCC3(C(=O)NCC(F)(F)F)c4ccccc4-c4ccccc43)CC2)c1. The van der Waals surface area contributed by atoms with Crippen molar-refractivity contribution >= 4 is 17.5 Å². The molecular weight excluding hydrogens is 529 g/mol. The second-order valence-electron chi connectivity index (χ2n) is 11.0. The Bertz CT molecular complexity index is 1350. The third-order valence-electron chi connectivity index (χ3n) is 8.25. The Hall–Kier alpha value is -3.85. The van der Waals surface area contributed by atoms with Crippen LogP contribution in [0.25, 0.3) is 11.1 Å². The minimum absolute atomic E-state index is 0.0901. The Balaban J connectivity index is 1.20. The summed E-state index contributed by atoms with van der Waals surface area (Å²) in [4.78, 5) is 28.5. The molecule has 0 atom stereocenters. The van der Waals surface area contributed by atoms with Gasteiger partial charge in [0.2, 0.25) is 5.91 Å². The number of carbonyl (C=O) groups is 2. The number of nitrogens with one attached hydrogen (secondary N) is 2. The van der Waals surface area contributed by atoms with Gasteiger partial charge in [-0.15, -0.1) is 0 Å². The smallest absolute Gasteiger partial charge is 0.399 e. The minimum atomic E-state index is -4.49. The van der Waals surface area contributed by atoms with Crippen LogP contribution < -0.4 is 16.4 Å². The van der Waals surface area contributed by atoms with Crippen LogP contribution in [0, 0.1) is 0 Å². The summed E-state index contributed by atoms with van der Waals surface area (Å²) < 4.78 is 39.2. The van der Waals surface area contributed by atoms with Crippen LogP contribution in [0.4, 0.5) is 18.9 Å². The number of benzene rings is 3. The number of anilines is 1. The topological polar surface area (TPSA) is 87.5 Å². The summed E-state index contributed by atoms with van der Waals surface area (Å²) in [5, 5.41) is 5.30. The lowest BCUT2D eigenvalue weighted by Crippen LogP contribution is -2.47. The molecule has 5 rings (SSSR count). The standard InChI is InChI=1S/C32H35F3N4O2/c33-32(34,35)21-37-30(41)31(27-12-3-1-10-25(27)26-11-2-4-13-28(26)31)16-5-6-17-39-18-14-24(15-19-39)38-29(40)22-8-7-9-23(36)20-22/h1-4,7-13,20,24H,5-6,14-19,21,36H2,(H,37,41)(H,38,40). The van der Waals surface area contributed by atoms with E-state index < -0.39 is 24.0 Å². The highest BCUT2D eigenvalue weighted by Gasteiger charge is 2.49. The van der Waals surface area contributed by atoms with Crippen molar-refractivity contribution in [1.29, 1.82) is 0 Å². The summed E-state index contributed by atoms with van der Waals surface area (Å²) in [7, 11) is 0. The molecule has 1 aliphatic heterocycles. The van der Waals surface area contributed by atoms with Gasteiger partial charge in [-0.25, -0.2) is 0 Å². The third kappa shape index (κ3) is 6.25. The van der Waals surface area contributed by atoms with E-state index >= 15 is 0 Å². The van der Waals surface area contributed by atoms with E-state index in [2.05, 4.69) is 15.5 Å². The number of nitrogen functional groups attached to an aromatic ring is 1. The molecule has 2 aliphatic rings. The van der Waals surface area contributed by atoms with Crippen LogP contribution in [0.3, 0.4) is 0 Å². The van der Waals surface area contributed by atoms with Gasteiger partial charge in [0.25, 0.3) is 5.91 Å². The Morgan fingerprint density at radius 3 is 2.15 bits per heavy atom. The molecule has 3 aromatic carbocycles. The number of nitrogens with two attached hydrogens (primary N) is 1. The van der Waals surface area contributed by atoms with Crippen molar-refractivity contribution in [2.75, 3.05) is 31.9 Å². The van der Waals surface area contributed by atoms with Gasteiger partial charge in [-0.05, 0) is 72.7 Å². The number of rotatable bonds is 9. The minimum Gasteiger partial charge on any atom is -0.399 e. The van der Waals surface area contributed by atoms with Gasteiger partial charge in [-0.1, -0.05) is 61.0 Å². The first kappa shape index (κ1) is 28.7. The molecule has 6 nitrogen and oxygen atoms in total. The number of piperidine rings is 1. The van der Waals surface area contributed by atoms with E-state index in [1.807, 2.05) is 48.5 Å². The number of carbonyl (C=O) groups excluding carboxylic acids is 2. The fraction of sp³-hybridized carbons (Fsp3) is 0.375. The largest absolute Gasteiger partial charge is 0.405 e. The van der Waals surface area contributed by atoms with Crippen molar-refractivity contribution in [3.63, 3.8) is 0 Å². The van der Waals surface area contributed by atoms with Crippen molar-refractivity contribution < 1.29 is 22.8 Å². The maximum absolute atomic E-state index is 13.6. The van der Waals surface area contributed by atoms with Crippen LogP contribution >= 0.6 is 0 Å². The first-order valence-electron chi connectivity index (χ1n) is 14.1. The van der Waals surface area contributed by atoms with E-state index in [4.69, 9.17) is 5.73 Å². The first-order valence-corrected chi connectivity index (χ1v) is 14.1. The summed E-state index contributed by atoms with van der Waals surface area (Å²) >= 11 is 0. The van der Waals surface area contributed by atoms with Gasteiger partial charge >= 0.3 is 6.18 Å². The van der Waals surface area contributed by atoms with E-state index in [0.29, 0.717) is 24.1 Å². The summed E-state index contributed by atoms with van der Waals surface area (Å²) in [5.41, 5.74) is 9.04. The molecule has 4 N–H and O–H groups in total. The van der Waals surface area contributed by atoms with Crippen molar-refractivity contribution in [2.45, 2.75) is 49.7 Å². The molecule has 0 unspecified atom stereocenters. The monoisotopic (exact) mass is 564 g/mol. The number of halogens is 3. The highest BCUT2D eigenvalue weighted by atomic mass is 19.4. The Kier molecular flexibility index (Phi) is 8.35. The average molecular weight is 565 g/mol. The van der Waals surface area contributed by atoms with Gasteiger partial charge in [0.15, 0.2) is 0 Å². The molecule has 3 aromatic rings. The molecule has 216 valence electrons. The van der Waals surface area contributed by atoms with Crippen molar-refractivity contribution in [2.24, 2.45) is 0 Å². The summed E-state index contributed by atoms with van der Waals surface area (Å²) in [6.07, 6.45) is -0.934. The van der Waals surface area contributed by atoms with E-state index in [1.165, 1.54) is 0 Å². The summed E-state index contributed by atoms with van der Waals surface area (Å²) in [6, 6.07) is 22.1. The number of hydrogen-bond acceptors (Lipinski definition) is 4. The molecule has 0 spiro atoms. The van der Waals surface area contributed by atoms with E-state index in [9.17, 15) is 22.8 Å². The quantitative estimate of drug-likeness (QED) is 0.244. The van der Waals surface area contributed by atoms with Gasteiger partial charge in [0.05, 0.1) is 0 Å². The lowest BCUT2D eigenvalue weighted by molar-refractivity contribution is -0.141. The molecular formula is C32H35F3N4O2. The maximum atomic E-state index is 13.6. The molecule has 1 saturated heterocycles. The van der Waals surface area contributed by atoms with E-state index in [0.717, 1.165) is 61.2 Å². The maximum Gasteiger partial charge on any atom is 0.405 e. The number of alkyl halides is 3. The van der Waals surface area contributed by atoms with Crippen molar-refractivity contribution in [3.05, 3.63) is 89.5 Å². The summed E-state index contributed by atoms with van der Waals surface area (Å²) in [6.45, 7) is 1.13.